The zero-order chi connectivity index (χ0) is 20.6. The number of fused-ring (bicyclic) bond motifs is 1. The number of halogens is 4. The molecule has 9 heteroatoms. The minimum atomic E-state index is -4.56. The molecule has 3 aromatic rings. The summed E-state index contributed by atoms with van der Waals surface area (Å²) in [6.07, 6.45) is -2.57. The van der Waals surface area contributed by atoms with Crippen molar-refractivity contribution in [1.29, 1.82) is 0 Å². The first-order chi connectivity index (χ1) is 13.8. The highest BCUT2D eigenvalue weighted by molar-refractivity contribution is 5.94. The first-order valence-corrected chi connectivity index (χ1v) is 9.13. The second kappa shape index (κ2) is 7.47. The molecule has 152 valence electrons. The van der Waals surface area contributed by atoms with Crippen molar-refractivity contribution in [3.63, 3.8) is 0 Å². The molecule has 4 rings (SSSR count). The topological polar surface area (TPSA) is 61.0 Å². The molecule has 1 aliphatic rings. The van der Waals surface area contributed by atoms with Gasteiger partial charge in [0.2, 0.25) is 11.7 Å². The van der Waals surface area contributed by atoms with Crippen LogP contribution in [-0.4, -0.2) is 33.4 Å². The van der Waals surface area contributed by atoms with Crippen LogP contribution in [0.15, 0.2) is 42.5 Å². The lowest BCUT2D eigenvalue weighted by molar-refractivity contribution is -0.144. The predicted octanol–water partition coefficient (Wildman–Crippen LogP) is 4.32. The van der Waals surface area contributed by atoms with Crippen LogP contribution >= 0.6 is 0 Å². The van der Waals surface area contributed by atoms with Gasteiger partial charge in [0, 0.05) is 18.3 Å². The van der Waals surface area contributed by atoms with E-state index in [1.807, 2.05) is 4.90 Å². The maximum Gasteiger partial charge on any atom is 0.449 e. The van der Waals surface area contributed by atoms with Gasteiger partial charge in [0.1, 0.15) is 5.82 Å². The monoisotopic (exact) mass is 406 g/mol. The van der Waals surface area contributed by atoms with E-state index in [2.05, 4.69) is 15.3 Å². The molecule has 5 nitrogen and oxygen atoms in total. The Labute approximate surface area is 163 Å². The second-order valence-corrected chi connectivity index (χ2v) is 7.13. The van der Waals surface area contributed by atoms with Crippen molar-refractivity contribution in [3.05, 3.63) is 59.7 Å². The van der Waals surface area contributed by atoms with E-state index in [-0.39, 0.29) is 29.3 Å². The Balaban J connectivity index is 1.43. The molecule has 0 unspecified atom stereocenters. The number of nitrogens with zero attached hydrogens (tertiary/aromatic N) is 2. The summed E-state index contributed by atoms with van der Waals surface area (Å²) in [5.74, 6) is -1.66. The number of hydrogen-bond acceptors (Lipinski definition) is 3. The Morgan fingerprint density at radius 1 is 1.17 bits per heavy atom. The third-order valence-corrected chi connectivity index (χ3v) is 4.74. The van der Waals surface area contributed by atoms with E-state index in [1.54, 1.807) is 12.1 Å². The fraction of sp³-hybridized carbons (Fsp3) is 0.300. The minimum absolute atomic E-state index is 0.136. The first-order valence-electron chi connectivity index (χ1n) is 9.13. The second-order valence-electron chi connectivity index (χ2n) is 7.13. The van der Waals surface area contributed by atoms with Gasteiger partial charge in [0.15, 0.2) is 0 Å². The number of aromatic amines is 1. The van der Waals surface area contributed by atoms with Crippen LogP contribution in [0.3, 0.4) is 0 Å². The summed E-state index contributed by atoms with van der Waals surface area (Å²) in [5, 5.41) is 2.72. The molecule has 1 amide bonds. The van der Waals surface area contributed by atoms with E-state index in [9.17, 15) is 22.4 Å². The highest BCUT2D eigenvalue weighted by Gasteiger charge is 2.34. The molecule has 0 saturated heterocycles. The predicted molar refractivity (Wildman–Crippen MR) is 99.6 cm³/mol. The number of carbonyl (C=O) groups is 1. The van der Waals surface area contributed by atoms with Crippen LogP contribution in [0.5, 0.6) is 0 Å². The summed E-state index contributed by atoms with van der Waals surface area (Å²) in [4.78, 5) is 20.2. The number of aromatic nitrogens is 2. The summed E-state index contributed by atoms with van der Waals surface area (Å²) < 4.78 is 51.4. The van der Waals surface area contributed by atoms with Crippen LogP contribution in [-0.2, 0) is 17.5 Å². The Bertz CT molecular complexity index is 1030. The van der Waals surface area contributed by atoms with Gasteiger partial charge >= 0.3 is 6.18 Å². The quantitative estimate of drug-likeness (QED) is 0.600. The van der Waals surface area contributed by atoms with Gasteiger partial charge in [-0.25, -0.2) is 9.37 Å². The number of imidazole rings is 1. The third-order valence-electron chi connectivity index (χ3n) is 4.74. The molecular weight excluding hydrogens is 388 g/mol. The molecular formula is C20H18F4N4O. The molecule has 0 bridgehead atoms. The van der Waals surface area contributed by atoms with Crippen molar-refractivity contribution >= 4 is 22.6 Å². The van der Waals surface area contributed by atoms with Crippen LogP contribution in [0.25, 0.3) is 11.0 Å². The summed E-state index contributed by atoms with van der Waals surface area (Å²) in [6, 6.07) is 10.8. The van der Waals surface area contributed by atoms with E-state index in [1.165, 1.54) is 30.3 Å². The molecule has 0 aliphatic heterocycles. The average molecular weight is 406 g/mol. The van der Waals surface area contributed by atoms with Gasteiger partial charge in [-0.1, -0.05) is 12.1 Å². The molecule has 1 aromatic heterocycles. The molecule has 29 heavy (non-hydrogen) atoms. The molecule has 1 saturated carbocycles. The van der Waals surface area contributed by atoms with Crippen molar-refractivity contribution in [2.24, 2.45) is 0 Å². The number of amides is 1. The lowest BCUT2D eigenvalue weighted by Gasteiger charge is -2.21. The van der Waals surface area contributed by atoms with Crippen molar-refractivity contribution in [1.82, 2.24) is 14.9 Å². The molecule has 1 heterocycles. The van der Waals surface area contributed by atoms with Gasteiger partial charge in [0.25, 0.3) is 0 Å². The fourth-order valence-corrected chi connectivity index (χ4v) is 3.18. The maximum atomic E-state index is 13.1. The number of nitrogens with one attached hydrogen (secondary N) is 2. The van der Waals surface area contributed by atoms with Crippen LogP contribution < -0.4 is 5.32 Å². The maximum absolute atomic E-state index is 13.1. The number of anilines is 1. The molecule has 0 radical (unpaired) electrons. The lowest BCUT2D eigenvalue weighted by atomic mass is 10.2. The zero-order valence-corrected chi connectivity index (χ0v) is 15.3. The number of rotatable bonds is 6. The summed E-state index contributed by atoms with van der Waals surface area (Å²) in [7, 11) is 0. The highest BCUT2D eigenvalue weighted by Crippen LogP contribution is 2.30. The minimum Gasteiger partial charge on any atom is -0.334 e. The Hall–Kier alpha value is -2.94. The molecule has 0 atom stereocenters. The van der Waals surface area contributed by atoms with E-state index in [4.69, 9.17) is 0 Å². The van der Waals surface area contributed by atoms with E-state index >= 15 is 0 Å². The number of hydrogen-bond donors (Lipinski definition) is 2. The van der Waals surface area contributed by atoms with Crippen molar-refractivity contribution in [3.8, 4) is 0 Å². The number of H-pyrrole nitrogens is 1. The van der Waals surface area contributed by atoms with Gasteiger partial charge in [-0.15, -0.1) is 0 Å². The van der Waals surface area contributed by atoms with Gasteiger partial charge in [-0.2, -0.15) is 13.2 Å². The molecule has 2 N–H and O–H groups in total. The van der Waals surface area contributed by atoms with Crippen LogP contribution in [0, 0.1) is 5.82 Å². The number of alkyl halides is 3. The lowest BCUT2D eigenvalue weighted by Crippen LogP contribution is -2.34. The SMILES string of the molecule is O=C(CN(Cc1ccc(F)cc1)C1CC1)Nc1ccc2nc(C(F)(F)F)[nH]c2c1. The Morgan fingerprint density at radius 2 is 1.90 bits per heavy atom. The van der Waals surface area contributed by atoms with Crippen LogP contribution in [0.1, 0.15) is 24.2 Å². The molecule has 0 spiro atoms. The smallest absolute Gasteiger partial charge is 0.334 e. The van der Waals surface area contributed by atoms with Crippen molar-refractivity contribution in [2.45, 2.75) is 31.6 Å². The van der Waals surface area contributed by atoms with Crippen molar-refractivity contribution in [2.75, 3.05) is 11.9 Å². The third kappa shape index (κ3) is 4.73. The summed E-state index contributed by atoms with van der Waals surface area (Å²) in [6.45, 7) is 0.656. The summed E-state index contributed by atoms with van der Waals surface area (Å²) >= 11 is 0. The van der Waals surface area contributed by atoms with E-state index in [0.717, 1.165) is 18.4 Å². The summed E-state index contributed by atoms with van der Waals surface area (Å²) in [5.41, 5.74) is 1.66. The number of benzene rings is 2. The van der Waals surface area contributed by atoms with E-state index in [0.29, 0.717) is 18.3 Å². The van der Waals surface area contributed by atoms with Crippen molar-refractivity contribution < 1.29 is 22.4 Å². The fourth-order valence-electron chi connectivity index (χ4n) is 3.18. The highest BCUT2D eigenvalue weighted by atomic mass is 19.4. The normalized spacial score (nSPS) is 14.5. The van der Waals surface area contributed by atoms with Gasteiger partial charge in [-0.3, -0.25) is 9.69 Å². The van der Waals surface area contributed by atoms with E-state index < -0.39 is 12.0 Å². The largest absolute Gasteiger partial charge is 0.449 e. The number of carbonyl (C=O) groups excluding carboxylic acids is 1. The molecule has 2 aromatic carbocycles. The first kappa shape index (κ1) is 19.4. The standard InChI is InChI=1S/C20H18F4N4O/c21-13-3-1-12(2-4-13)10-28(15-6-7-15)11-18(29)25-14-5-8-16-17(9-14)27-19(26-16)20(22,23)24/h1-5,8-9,15H,6-7,10-11H2,(H,25,29)(H,26,27). The van der Waals surface area contributed by atoms with Crippen LogP contribution in [0.2, 0.25) is 0 Å². The Morgan fingerprint density at radius 3 is 2.55 bits per heavy atom. The van der Waals surface area contributed by atoms with Crippen LogP contribution in [0.4, 0.5) is 23.2 Å². The van der Waals surface area contributed by atoms with Gasteiger partial charge < -0.3 is 10.3 Å². The average Bonchev–Trinajstić information content (AvgIpc) is 3.41. The van der Waals surface area contributed by atoms with Gasteiger partial charge in [-0.05, 0) is 48.7 Å². The Kier molecular flexibility index (Phi) is 4.99. The molecule has 1 fully saturated rings. The zero-order valence-electron chi connectivity index (χ0n) is 15.3. The van der Waals surface area contributed by atoms with Gasteiger partial charge in [0.05, 0.1) is 17.6 Å². The molecule has 1 aliphatic carbocycles.